The van der Waals surface area contributed by atoms with Crippen molar-refractivity contribution in [3.8, 4) is 0 Å². The van der Waals surface area contributed by atoms with Crippen molar-refractivity contribution in [2.24, 2.45) is 0 Å². The molecule has 1 unspecified atom stereocenters. The van der Waals surface area contributed by atoms with Crippen LogP contribution in [0.2, 0.25) is 0 Å². The minimum Gasteiger partial charge on any atom is -0.444 e. The van der Waals surface area contributed by atoms with Gasteiger partial charge in [0.05, 0.1) is 6.61 Å². The van der Waals surface area contributed by atoms with E-state index < -0.39 is 5.60 Å². The lowest BCUT2D eigenvalue weighted by Gasteiger charge is -2.35. The van der Waals surface area contributed by atoms with E-state index in [0.717, 1.165) is 12.8 Å². The van der Waals surface area contributed by atoms with Gasteiger partial charge in [0.1, 0.15) is 5.60 Å². The normalized spacial score (nSPS) is 17.3. The number of carbonyl (C=O) groups is 2. The first-order valence-electron chi connectivity index (χ1n) is 7.77. The molecule has 1 N–H and O–H groups in total. The van der Waals surface area contributed by atoms with Crippen molar-refractivity contribution >= 4 is 24.6 Å². The van der Waals surface area contributed by atoms with Crippen LogP contribution in [0.3, 0.4) is 0 Å². The number of hydrogen-bond donors (Lipinski definition) is 2. The van der Waals surface area contributed by atoms with Gasteiger partial charge in [-0.3, -0.25) is 4.79 Å². The number of aliphatic hydroxyl groups is 1. The maximum atomic E-state index is 12.1. The van der Waals surface area contributed by atoms with Crippen molar-refractivity contribution in [1.29, 1.82) is 0 Å². The summed E-state index contributed by atoms with van der Waals surface area (Å²) < 4.78 is 5.33. The van der Waals surface area contributed by atoms with Crippen LogP contribution in [0.5, 0.6) is 0 Å². The minimum atomic E-state index is -0.500. The first-order chi connectivity index (χ1) is 10.2. The summed E-state index contributed by atoms with van der Waals surface area (Å²) in [7, 11) is 0. The van der Waals surface area contributed by atoms with E-state index in [-0.39, 0.29) is 23.9 Å². The number of ether oxygens (including phenoxy) is 1. The largest absolute Gasteiger partial charge is 0.444 e. The molecular formula is C15H28N2O4S. The second-order valence-electron chi connectivity index (χ2n) is 6.58. The fraction of sp³-hybridized carbons (Fsp3) is 0.867. The number of amides is 2. The van der Waals surface area contributed by atoms with Gasteiger partial charge in [-0.25, -0.2) is 4.79 Å². The van der Waals surface area contributed by atoms with Crippen LogP contribution in [0.15, 0.2) is 0 Å². The molecule has 22 heavy (non-hydrogen) atoms. The summed E-state index contributed by atoms with van der Waals surface area (Å²) in [5.41, 5.74) is -0.500. The van der Waals surface area contributed by atoms with Crippen LogP contribution in [-0.4, -0.2) is 70.5 Å². The number of carbonyl (C=O) groups excluding carboxylic acids is 2. The summed E-state index contributed by atoms with van der Waals surface area (Å²) in [5.74, 6) is 0.0994. The third-order valence-corrected chi connectivity index (χ3v) is 3.84. The molecule has 128 valence electrons. The Kier molecular flexibility index (Phi) is 7.48. The molecule has 0 radical (unpaired) electrons. The Balaban J connectivity index is 2.29. The molecule has 1 aliphatic rings. The van der Waals surface area contributed by atoms with Gasteiger partial charge in [0.2, 0.25) is 5.91 Å². The highest BCUT2D eigenvalue weighted by atomic mass is 32.1. The van der Waals surface area contributed by atoms with E-state index in [1.165, 1.54) is 0 Å². The summed E-state index contributed by atoms with van der Waals surface area (Å²) in [6.07, 6.45) is 1.59. The van der Waals surface area contributed by atoms with Crippen LogP contribution < -0.4 is 0 Å². The predicted octanol–water partition coefficient (Wildman–Crippen LogP) is 1.53. The van der Waals surface area contributed by atoms with E-state index in [4.69, 9.17) is 9.84 Å². The highest BCUT2D eigenvalue weighted by Gasteiger charge is 2.27. The van der Waals surface area contributed by atoms with Gasteiger partial charge in [0.25, 0.3) is 0 Å². The predicted molar refractivity (Wildman–Crippen MR) is 88.1 cm³/mol. The second-order valence-corrected chi connectivity index (χ2v) is 7.31. The zero-order chi connectivity index (χ0) is 16.8. The molecule has 1 rings (SSSR count). The summed E-state index contributed by atoms with van der Waals surface area (Å²) in [6, 6.07) is 0. The molecule has 0 spiro atoms. The lowest BCUT2D eigenvalue weighted by molar-refractivity contribution is -0.133. The molecule has 0 aromatic rings. The van der Waals surface area contributed by atoms with Gasteiger partial charge in [0.15, 0.2) is 0 Å². The third-order valence-electron chi connectivity index (χ3n) is 3.42. The standard InChI is InChI=1S/C15H28N2O4S/c1-15(2,3)21-14(20)17-9-7-16(8-10-17)13(19)6-4-5-12(22)11-18/h12,18,22H,4-11H2,1-3H3. The third kappa shape index (κ3) is 6.87. The average Bonchev–Trinajstić information content (AvgIpc) is 2.45. The fourth-order valence-corrected chi connectivity index (χ4v) is 2.39. The molecule has 1 fully saturated rings. The highest BCUT2D eigenvalue weighted by molar-refractivity contribution is 7.81. The Morgan fingerprint density at radius 1 is 1.18 bits per heavy atom. The summed E-state index contributed by atoms with van der Waals surface area (Å²) in [4.78, 5) is 27.4. The monoisotopic (exact) mass is 332 g/mol. The van der Waals surface area contributed by atoms with E-state index in [1.807, 2.05) is 20.8 Å². The molecule has 0 bridgehead atoms. The topological polar surface area (TPSA) is 70.1 Å². The Bertz CT molecular complexity index is 376. The molecule has 7 heteroatoms. The number of rotatable bonds is 5. The Morgan fingerprint density at radius 2 is 1.73 bits per heavy atom. The molecule has 0 aromatic heterocycles. The first kappa shape index (κ1) is 19.1. The van der Waals surface area contributed by atoms with Crippen LogP contribution in [-0.2, 0) is 9.53 Å². The molecule has 6 nitrogen and oxygen atoms in total. The number of thiol groups is 1. The summed E-state index contributed by atoms with van der Waals surface area (Å²) in [5, 5.41) is 8.83. The van der Waals surface area contributed by atoms with Crippen LogP contribution in [0.25, 0.3) is 0 Å². The van der Waals surface area contributed by atoms with Crippen LogP contribution in [0.4, 0.5) is 4.79 Å². The Labute approximate surface area is 138 Å². The molecule has 1 aliphatic heterocycles. The van der Waals surface area contributed by atoms with Crippen molar-refractivity contribution in [3.63, 3.8) is 0 Å². The first-order valence-corrected chi connectivity index (χ1v) is 8.29. The van der Waals surface area contributed by atoms with Gasteiger partial charge in [-0.2, -0.15) is 12.6 Å². The van der Waals surface area contributed by atoms with E-state index in [0.29, 0.717) is 32.6 Å². The van der Waals surface area contributed by atoms with Crippen LogP contribution in [0, 0.1) is 0 Å². The quantitative estimate of drug-likeness (QED) is 0.749. The number of piperazine rings is 1. The maximum Gasteiger partial charge on any atom is 0.410 e. The lowest BCUT2D eigenvalue weighted by Crippen LogP contribution is -2.51. The van der Waals surface area contributed by atoms with Crippen LogP contribution >= 0.6 is 12.6 Å². The number of aliphatic hydroxyl groups excluding tert-OH is 1. The molecule has 1 heterocycles. The van der Waals surface area contributed by atoms with E-state index in [1.54, 1.807) is 9.80 Å². The zero-order valence-corrected chi connectivity index (χ0v) is 14.6. The highest BCUT2D eigenvalue weighted by Crippen LogP contribution is 2.13. The van der Waals surface area contributed by atoms with Gasteiger partial charge >= 0.3 is 6.09 Å². The van der Waals surface area contributed by atoms with Gasteiger partial charge in [-0.05, 0) is 33.6 Å². The second kappa shape index (κ2) is 8.62. The molecule has 1 atom stereocenters. The van der Waals surface area contributed by atoms with E-state index >= 15 is 0 Å². The molecule has 0 aliphatic carbocycles. The van der Waals surface area contributed by atoms with Crippen molar-refractivity contribution < 1.29 is 19.4 Å². The van der Waals surface area contributed by atoms with Gasteiger partial charge in [-0.15, -0.1) is 0 Å². The molecule has 0 aromatic carbocycles. The van der Waals surface area contributed by atoms with E-state index in [2.05, 4.69) is 12.6 Å². The van der Waals surface area contributed by atoms with Crippen molar-refractivity contribution in [1.82, 2.24) is 9.80 Å². The van der Waals surface area contributed by atoms with E-state index in [9.17, 15) is 9.59 Å². The molecular weight excluding hydrogens is 304 g/mol. The van der Waals surface area contributed by atoms with Crippen molar-refractivity contribution in [3.05, 3.63) is 0 Å². The zero-order valence-electron chi connectivity index (χ0n) is 13.7. The molecule has 2 amide bonds. The maximum absolute atomic E-state index is 12.1. The van der Waals surface area contributed by atoms with Crippen molar-refractivity contribution in [2.75, 3.05) is 32.8 Å². The minimum absolute atomic E-state index is 0.0336. The van der Waals surface area contributed by atoms with Gasteiger partial charge in [-0.1, -0.05) is 0 Å². The van der Waals surface area contributed by atoms with Crippen molar-refractivity contribution in [2.45, 2.75) is 50.9 Å². The smallest absolute Gasteiger partial charge is 0.410 e. The van der Waals surface area contributed by atoms with Gasteiger partial charge < -0.3 is 19.6 Å². The Hall–Kier alpha value is -0.950. The molecule has 1 saturated heterocycles. The SMILES string of the molecule is CC(C)(C)OC(=O)N1CCN(C(=O)CCCC(S)CO)CC1. The summed E-state index contributed by atoms with van der Waals surface area (Å²) in [6.45, 7) is 7.65. The average molecular weight is 332 g/mol. The Morgan fingerprint density at radius 3 is 2.23 bits per heavy atom. The summed E-state index contributed by atoms with van der Waals surface area (Å²) >= 11 is 4.19. The van der Waals surface area contributed by atoms with Crippen LogP contribution in [0.1, 0.15) is 40.0 Å². The number of nitrogens with zero attached hydrogens (tertiary/aromatic N) is 2. The molecule has 0 saturated carbocycles. The number of hydrogen-bond acceptors (Lipinski definition) is 5. The lowest BCUT2D eigenvalue weighted by atomic mass is 10.1. The fourth-order valence-electron chi connectivity index (χ4n) is 2.20. The van der Waals surface area contributed by atoms with Gasteiger partial charge in [0, 0.05) is 37.8 Å².